The van der Waals surface area contributed by atoms with Gasteiger partial charge in [-0.3, -0.25) is 0 Å². The molecule has 6 heteroatoms. The third-order valence-corrected chi connectivity index (χ3v) is 5.87. The van der Waals surface area contributed by atoms with Gasteiger partial charge >= 0.3 is 0 Å². The van der Waals surface area contributed by atoms with Crippen LogP contribution in [0.4, 0.5) is 4.39 Å². The second-order valence-corrected chi connectivity index (χ2v) is 8.36. The summed E-state index contributed by atoms with van der Waals surface area (Å²) in [6, 6.07) is 6.95. The fourth-order valence-corrected chi connectivity index (χ4v) is 5.67. The first kappa shape index (κ1) is 14.0. The average Bonchev–Trinajstić information content (AvgIpc) is 2.61. The maximum absolute atomic E-state index is 13.9. The summed E-state index contributed by atoms with van der Waals surface area (Å²) < 4.78 is 15.8. The molecule has 17 heavy (non-hydrogen) atoms. The van der Waals surface area contributed by atoms with Crippen molar-refractivity contribution in [2.24, 2.45) is 0 Å². The number of rotatable bonds is 2. The highest BCUT2D eigenvalue weighted by molar-refractivity contribution is 9.12. The van der Waals surface area contributed by atoms with Crippen molar-refractivity contribution < 1.29 is 4.39 Å². The summed E-state index contributed by atoms with van der Waals surface area (Å²) in [5, 5.41) is 0.136. The fourth-order valence-electron chi connectivity index (χ4n) is 1.41. The summed E-state index contributed by atoms with van der Waals surface area (Å²) in [4.78, 5) is -0.224. The molecule has 0 radical (unpaired) electrons. The van der Waals surface area contributed by atoms with Gasteiger partial charge in [-0.15, -0.1) is 11.3 Å². The molecule has 1 heterocycles. The highest BCUT2D eigenvalue weighted by atomic mass is 79.9. The lowest BCUT2D eigenvalue weighted by atomic mass is 10.1. The van der Waals surface area contributed by atoms with Crippen molar-refractivity contribution >= 4 is 70.7 Å². The van der Waals surface area contributed by atoms with Gasteiger partial charge in [0.05, 0.1) is 17.4 Å². The average molecular weight is 463 g/mol. The second-order valence-electron chi connectivity index (χ2n) is 3.29. The molecular formula is C11H5Br3ClFS. The van der Waals surface area contributed by atoms with E-state index < -0.39 is 0 Å². The minimum Gasteiger partial charge on any atom is -0.205 e. The van der Waals surface area contributed by atoms with Crippen LogP contribution in [0.15, 0.2) is 31.8 Å². The molecule has 1 atom stereocenters. The molecule has 0 nitrogen and oxygen atoms in total. The van der Waals surface area contributed by atoms with Crippen LogP contribution in [0.2, 0.25) is 5.02 Å². The molecule has 1 aromatic heterocycles. The summed E-state index contributed by atoms with van der Waals surface area (Å²) in [7, 11) is 0. The second kappa shape index (κ2) is 5.70. The Labute approximate surface area is 133 Å². The molecule has 2 aromatic rings. The van der Waals surface area contributed by atoms with E-state index >= 15 is 0 Å². The Hall–Kier alpha value is 0.580. The Bertz CT molecular complexity index is 556. The summed E-state index contributed by atoms with van der Waals surface area (Å²) >= 11 is 17.7. The summed E-state index contributed by atoms with van der Waals surface area (Å²) in [5.74, 6) is -0.384. The first-order valence-corrected chi connectivity index (χ1v) is 8.23. The van der Waals surface area contributed by atoms with Gasteiger partial charge in [-0.25, -0.2) is 4.39 Å². The molecule has 0 saturated carbocycles. The van der Waals surface area contributed by atoms with Crippen LogP contribution in [-0.2, 0) is 0 Å². The molecule has 0 aliphatic heterocycles. The molecule has 1 unspecified atom stereocenters. The minimum absolute atomic E-state index is 0.136. The standard InChI is InChI=1S/C11H5Br3ClFS/c12-8-4-6(11(14)17-8)9(13)5-2-1-3-7(15)10(5)16/h1-4,9H. The third kappa shape index (κ3) is 2.95. The van der Waals surface area contributed by atoms with Crippen LogP contribution in [0.25, 0.3) is 0 Å². The zero-order chi connectivity index (χ0) is 12.6. The highest BCUT2D eigenvalue weighted by Crippen LogP contribution is 2.43. The van der Waals surface area contributed by atoms with Crippen LogP contribution in [0.5, 0.6) is 0 Å². The SMILES string of the molecule is Fc1c(Cl)cccc1C(Br)c1cc(Br)sc1Br. The highest BCUT2D eigenvalue weighted by Gasteiger charge is 2.20. The topological polar surface area (TPSA) is 0 Å². The number of alkyl halides is 1. The van der Waals surface area contributed by atoms with Gasteiger partial charge in [-0.2, -0.15) is 0 Å². The monoisotopic (exact) mass is 460 g/mol. The van der Waals surface area contributed by atoms with E-state index in [1.807, 2.05) is 6.07 Å². The van der Waals surface area contributed by atoms with Crippen LogP contribution in [0, 0.1) is 5.82 Å². The van der Waals surface area contributed by atoms with Gasteiger partial charge in [0.2, 0.25) is 0 Å². The van der Waals surface area contributed by atoms with Crippen LogP contribution in [0.3, 0.4) is 0 Å². The van der Waals surface area contributed by atoms with E-state index in [0.29, 0.717) is 5.56 Å². The normalized spacial score (nSPS) is 12.8. The van der Waals surface area contributed by atoms with Crippen LogP contribution in [-0.4, -0.2) is 0 Å². The number of thiophene rings is 1. The zero-order valence-electron chi connectivity index (χ0n) is 8.18. The van der Waals surface area contributed by atoms with Crippen molar-refractivity contribution in [3.63, 3.8) is 0 Å². The fraction of sp³-hybridized carbons (Fsp3) is 0.0909. The lowest BCUT2D eigenvalue weighted by molar-refractivity contribution is 0.614. The minimum atomic E-state index is -0.384. The number of hydrogen-bond donors (Lipinski definition) is 0. The molecule has 0 fully saturated rings. The zero-order valence-corrected chi connectivity index (χ0v) is 14.5. The van der Waals surface area contributed by atoms with Gasteiger partial charge in [0, 0.05) is 5.56 Å². The van der Waals surface area contributed by atoms with E-state index in [2.05, 4.69) is 47.8 Å². The van der Waals surface area contributed by atoms with E-state index in [9.17, 15) is 4.39 Å². The van der Waals surface area contributed by atoms with Gasteiger partial charge < -0.3 is 0 Å². The maximum atomic E-state index is 13.9. The Balaban J connectivity index is 2.47. The van der Waals surface area contributed by atoms with E-state index in [0.717, 1.165) is 13.1 Å². The summed E-state index contributed by atoms with van der Waals surface area (Å²) in [6.45, 7) is 0. The van der Waals surface area contributed by atoms with Crippen molar-refractivity contribution in [2.75, 3.05) is 0 Å². The maximum Gasteiger partial charge on any atom is 0.146 e. The Morgan fingerprint density at radius 2 is 1.94 bits per heavy atom. The van der Waals surface area contributed by atoms with Gasteiger partial charge in [-0.05, 0) is 49.6 Å². The van der Waals surface area contributed by atoms with Crippen LogP contribution in [0.1, 0.15) is 16.0 Å². The first-order valence-electron chi connectivity index (χ1n) is 4.53. The largest absolute Gasteiger partial charge is 0.205 e. The molecule has 0 saturated heterocycles. The van der Waals surface area contributed by atoms with Gasteiger partial charge in [-0.1, -0.05) is 39.7 Å². The molecule has 0 N–H and O–H groups in total. The van der Waals surface area contributed by atoms with Crippen LogP contribution >= 0.6 is 70.7 Å². The lowest BCUT2D eigenvalue weighted by Crippen LogP contribution is -1.96. The molecule has 0 bridgehead atoms. The van der Waals surface area contributed by atoms with Crippen molar-refractivity contribution in [1.29, 1.82) is 0 Å². The van der Waals surface area contributed by atoms with Crippen molar-refractivity contribution in [1.82, 2.24) is 0 Å². The van der Waals surface area contributed by atoms with Gasteiger partial charge in [0.1, 0.15) is 5.82 Å². The van der Waals surface area contributed by atoms with E-state index in [1.165, 1.54) is 0 Å². The molecular weight excluding hydrogens is 458 g/mol. The smallest absolute Gasteiger partial charge is 0.146 e. The lowest BCUT2D eigenvalue weighted by Gasteiger charge is -2.11. The molecule has 0 spiro atoms. The summed E-state index contributed by atoms with van der Waals surface area (Å²) in [5.41, 5.74) is 1.51. The molecule has 0 aliphatic rings. The predicted octanol–water partition coefficient (Wildman–Crippen LogP) is 6.55. The molecule has 0 aliphatic carbocycles. The van der Waals surface area contributed by atoms with E-state index in [4.69, 9.17) is 11.6 Å². The molecule has 0 amide bonds. The van der Waals surface area contributed by atoms with Crippen molar-refractivity contribution in [2.45, 2.75) is 4.83 Å². The first-order chi connectivity index (χ1) is 8.00. The quantitative estimate of drug-likeness (QED) is 0.443. The number of halogens is 5. The third-order valence-electron chi connectivity index (χ3n) is 2.21. The van der Waals surface area contributed by atoms with Crippen LogP contribution < -0.4 is 0 Å². The molecule has 90 valence electrons. The van der Waals surface area contributed by atoms with E-state index in [1.54, 1.807) is 29.5 Å². The Kier molecular flexibility index (Phi) is 4.69. The van der Waals surface area contributed by atoms with Crippen molar-refractivity contribution in [3.05, 3.63) is 53.8 Å². The predicted molar refractivity (Wildman–Crippen MR) is 81.9 cm³/mol. The number of hydrogen-bond acceptors (Lipinski definition) is 1. The van der Waals surface area contributed by atoms with Gasteiger partial charge in [0.15, 0.2) is 0 Å². The molecule has 2 rings (SSSR count). The number of benzene rings is 1. The Morgan fingerprint density at radius 1 is 1.24 bits per heavy atom. The summed E-state index contributed by atoms with van der Waals surface area (Å²) in [6.07, 6.45) is 0. The van der Waals surface area contributed by atoms with Gasteiger partial charge in [0.25, 0.3) is 0 Å². The Morgan fingerprint density at radius 3 is 2.53 bits per heavy atom. The van der Waals surface area contributed by atoms with E-state index in [-0.39, 0.29) is 15.7 Å². The molecule has 1 aromatic carbocycles. The van der Waals surface area contributed by atoms with Crippen molar-refractivity contribution in [3.8, 4) is 0 Å².